The van der Waals surface area contributed by atoms with E-state index in [-0.39, 0.29) is 0 Å². The number of aromatic nitrogens is 3. The molecule has 3 heterocycles. The fraction of sp³-hybridized carbons (Fsp3) is 0.619. The number of hydrogen-bond acceptors (Lipinski definition) is 4. The lowest BCUT2D eigenvalue weighted by molar-refractivity contribution is -1.02. The lowest BCUT2D eigenvalue weighted by Crippen LogP contribution is -3.28. The summed E-state index contributed by atoms with van der Waals surface area (Å²) in [7, 11) is 1.68. The second-order valence-electron chi connectivity index (χ2n) is 8.09. The number of piperazine rings is 1. The van der Waals surface area contributed by atoms with Crippen LogP contribution in [0.3, 0.4) is 0 Å². The average molecular weight is 420 g/mol. The van der Waals surface area contributed by atoms with Crippen molar-refractivity contribution in [2.24, 2.45) is 0 Å². The number of ether oxygens (including phenoxy) is 2. The van der Waals surface area contributed by atoms with Crippen LogP contribution >= 0.6 is 12.2 Å². The van der Waals surface area contributed by atoms with Crippen molar-refractivity contribution in [1.82, 2.24) is 14.3 Å². The molecule has 1 fully saturated rings. The van der Waals surface area contributed by atoms with E-state index in [0.717, 1.165) is 62.1 Å². The largest absolute Gasteiger partial charge is 0.497 e. The van der Waals surface area contributed by atoms with Gasteiger partial charge in [-0.1, -0.05) is 6.42 Å². The maximum atomic E-state index is 5.89. The first-order valence-corrected chi connectivity index (χ1v) is 11.2. The zero-order valence-electron chi connectivity index (χ0n) is 17.4. The van der Waals surface area contributed by atoms with Crippen molar-refractivity contribution in [2.45, 2.75) is 38.9 Å². The summed E-state index contributed by atoms with van der Waals surface area (Å²) in [5.74, 6) is 2.95. The Balaban J connectivity index is 1.21. The van der Waals surface area contributed by atoms with Crippen molar-refractivity contribution >= 4 is 12.2 Å². The van der Waals surface area contributed by atoms with Crippen LogP contribution in [0.1, 0.15) is 25.1 Å². The highest BCUT2D eigenvalue weighted by atomic mass is 32.1. The topological polar surface area (TPSA) is 50.1 Å². The molecule has 7 nitrogen and oxygen atoms in total. The molecule has 0 atom stereocenters. The molecule has 1 aromatic heterocycles. The molecule has 1 aromatic carbocycles. The predicted molar refractivity (Wildman–Crippen MR) is 113 cm³/mol. The lowest BCUT2D eigenvalue weighted by atomic mass is 10.2. The maximum absolute atomic E-state index is 5.89. The zero-order chi connectivity index (χ0) is 20.1. The van der Waals surface area contributed by atoms with E-state index in [1.807, 2.05) is 24.3 Å². The highest BCUT2D eigenvalue weighted by Crippen LogP contribution is 2.16. The summed E-state index contributed by atoms with van der Waals surface area (Å²) in [5, 5.41) is 4.84. The molecule has 0 saturated carbocycles. The first kappa shape index (κ1) is 20.4. The Kier molecular flexibility index (Phi) is 6.84. The van der Waals surface area contributed by atoms with Crippen LogP contribution in [0, 0.1) is 4.77 Å². The number of nitrogens with one attached hydrogen (secondary N) is 2. The number of methoxy groups -OCH3 is 1. The van der Waals surface area contributed by atoms with Crippen molar-refractivity contribution in [3.8, 4) is 11.5 Å². The first-order chi connectivity index (χ1) is 14.2. The van der Waals surface area contributed by atoms with Gasteiger partial charge in [-0.3, -0.25) is 0 Å². The van der Waals surface area contributed by atoms with Gasteiger partial charge in [0.25, 0.3) is 0 Å². The average Bonchev–Trinajstić information content (AvgIpc) is 2.91. The standard InChI is InChI=1S/C21H31N5O2S/c1-27-18-6-8-19(9-7-18)28-16-15-23-11-13-24(14-12-23)17-26-21(29)25-10-4-2-3-5-20(25)22-26/h6-9H,2-5,10-17H2,1H3/p+2. The monoisotopic (exact) mass is 419 g/mol. The fourth-order valence-electron chi connectivity index (χ4n) is 4.29. The van der Waals surface area contributed by atoms with Gasteiger partial charge in [0.15, 0.2) is 6.67 Å². The number of fused-ring (bicyclic) bond motifs is 1. The Bertz CT molecular complexity index is 840. The molecule has 29 heavy (non-hydrogen) atoms. The van der Waals surface area contributed by atoms with Crippen LogP contribution in [0.5, 0.6) is 11.5 Å². The van der Waals surface area contributed by atoms with E-state index in [1.54, 1.807) is 16.9 Å². The highest BCUT2D eigenvalue weighted by Gasteiger charge is 2.24. The lowest BCUT2D eigenvalue weighted by Gasteiger charge is -2.29. The van der Waals surface area contributed by atoms with Crippen LogP contribution < -0.4 is 19.3 Å². The van der Waals surface area contributed by atoms with Gasteiger partial charge in [-0.05, 0) is 49.3 Å². The van der Waals surface area contributed by atoms with Gasteiger partial charge in [-0.2, -0.15) is 9.78 Å². The van der Waals surface area contributed by atoms with Crippen LogP contribution in [-0.4, -0.2) is 60.8 Å². The molecular formula is C21H33N5O2S+2. The minimum atomic E-state index is 0.746. The summed E-state index contributed by atoms with van der Waals surface area (Å²) in [6, 6.07) is 7.80. The molecule has 0 spiro atoms. The molecular weight excluding hydrogens is 386 g/mol. The SMILES string of the molecule is COc1ccc(OCC[NH+]2CC[NH+](Cn3nc4n(c3=S)CCCCC4)CC2)cc1. The molecule has 1 saturated heterocycles. The highest BCUT2D eigenvalue weighted by molar-refractivity contribution is 7.71. The van der Waals surface area contributed by atoms with Gasteiger partial charge >= 0.3 is 0 Å². The van der Waals surface area contributed by atoms with Crippen molar-refractivity contribution in [2.75, 3.05) is 46.4 Å². The van der Waals surface area contributed by atoms with Crippen molar-refractivity contribution in [3.63, 3.8) is 0 Å². The van der Waals surface area contributed by atoms with Crippen LogP contribution in [0.4, 0.5) is 0 Å². The van der Waals surface area contributed by atoms with Crippen molar-refractivity contribution < 1.29 is 19.3 Å². The van der Waals surface area contributed by atoms with E-state index in [0.29, 0.717) is 0 Å². The number of benzene rings is 1. The molecule has 0 aliphatic carbocycles. The van der Waals surface area contributed by atoms with Crippen molar-refractivity contribution in [3.05, 3.63) is 34.9 Å². The number of aryl methyl sites for hydroxylation is 1. The summed E-state index contributed by atoms with van der Waals surface area (Å²) in [5.41, 5.74) is 0. The Morgan fingerprint density at radius 2 is 1.72 bits per heavy atom. The molecule has 158 valence electrons. The molecule has 2 aliphatic heterocycles. The third-order valence-electron chi connectivity index (χ3n) is 6.10. The smallest absolute Gasteiger partial charge is 0.202 e. The van der Waals surface area contributed by atoms with E-state index < -0.39 is 0 Å². The number of hydrogen-bond donors (Lipinski definition) is 2. The Hall–Kier alpha value is -1.90. The van der Waals surface area contributed by atoms with Gasteiger partial charge in [0.1, 0.15) is 56.7 Å². The van der Waals surface area contributed by atoms with Crippen LogP contribution in [0.25, 0.3) is 0 Å². The summed E-state index contributed by atoms with van der Waals surface area (Å²) in [6.45, 7) is 8.37. The molecule has 0 bridgehead atoms. The van der Waals surface area contributed by atoms with E-state index in [2.05, 4.69) is 9.25 Å². The minimum Gasteiger partial charge on any atom is -0.497 e. The predicted octanol–water partition coefficient (Wildman–Crippen LogP) is -0.0310. The second kappa shape index (κ2) is 9.73. The summed E-state index contributed by atoms with van der Waals surface area (Å²) in [6.07, 6.45) is 4.81. The molecule has 2 aliphatic rings. The Labute approximate surface area is 177 Å². The quantitative estimate of drug-likeness (QED) is 0.619. The maximum Gasteiger partial charge on any atom is 0.202 e. The number of nitrogens with zero attached hydrogens (tertiary/aromatic N) is 3. The van der Waals surface area contributed by atoms with Gasteiger partial charge in [0.2, 0.25) is 4.77 Å². The van der Waals surface area contributed by atoms with E-state index in [4.69, 9.17) is 26.8 Å². The summed E-state index contributed by atoms with van der Waals surface area (Å²) < 4.78 is 16.3. The molecule has 4 rings (SSSR count). The van der Waals surface area contributed by atoms with E-state index in [1.165, 1.54) is 38.2 Å². The van der Waals surface area contributed by atoms with E-state index >= 15 is 0 Å². The van der Waals surface area contributed by atoms with Gasteiger partial charge in [-0.15, -0.1) is 0 Å². The van der Waals surface area contributed by atoms with Gasteiger partial charge < -0.3 is 23.8 Å². The van der Waals surface area contributed by atoms with Crippen LogP contribution in [0.2, 0.25) is 0 Å². The van der Waals surface area contributed by atoms with E-state index in [9.17, 15) is 0 Å². The normalized spacial score (nSPS) is 22.0. The second-order valence-corrected chi connectivity index (χ2v) is 8.46. The van der Waals surface area contributed by atoms with Crippen molar-refractivity contribution in [1.29, 1.82) is 0 Å². The Morgan fingerprint density at radius 1 is 1.00 bits per heavy atom. The first-order valence-electron chi connectivity index (χ1n) is 10.8. The van der Waals surface area contributed by atoms with Gasteiger partial charge in [-0.25, -0.2) is 0 Å². The van der Waals surface area contributed by atoms with Crippen LogP contribution in [-0.2, 0) is 19.6 Å². The minimum absolute atomic E-state index is 0.746. The van der Waals surface area contributed by atoms with Crippen LogP contribution in [0.15, 0.2) is 24.3 Å². The molecule has 2 aromatic rings. The third-order valence-corrected chi connectivity index (χ3v) is 6.53. The molecule has 8 heteroatoms. The fourth-order valence-corrected chi connectivity index (χ4v) is 4.59. The molecule has 0 amide bonds. The summed E-state index contributed by atoms with van der Waals surface area (Å²) >= 11 is 5.70. The molecule has 0 unspecified atom stereocenters. The number of quaternary nitrogens is 2. The zero-order valence-corrected chi connectivity index (χ0v) is 18.2. The van der Waals surface area contributed by atoms with Gasteiger partial charge in [0, 0.05) is 13.0 Å². The summed E-state index contributed by atoms with van der Waals surface area (Å²) in [4.78, 5) is 3.20. The number of rotatable bonds is 7. The third kappa shape index (κ3) is 5.18. The van der Waals surface area contributed by atoms with Gasteiger partial charge in [0.05, 0.1) is 7.11 Å². The molecule has 2 N–H and O–H groups in total. The molecule has 0 radical (unpaired) electrons. The Morgan fingerprint density at radius 3 is 2.48 bits per heavy atom.